The van der Waals surface area contributed by atoms with Gasteiger partial charge in [0.25, 0.3) is 0 Å². The maximum absolute atomic E-state index is 15.6. The first kappa shape index (κ1) is 20.1. The Morgan fingerprint density at radius 2 is 2.12 bits per heavy atom. The molecule has 1 aromatic rings. The molecule has 0 bridgehead atoms. The van der Waals surface area contributed by atoms with Crippen LogP contribution in [0.15, 0.2) is 6.20 Å². The summed E-state index contributed by atoms with van der Waals surface area (Å²) in [6, 6.07) is -0.699. The van der Waals surface area contributed by atoms with E-state index in [0.717, 1.165) is 10.9 Å². The zero-order valence-corrected chi connectivity index (χ0v) is 15.4. The van der Waals surface area contributed by atoms with Crippen molar-refractivity contribution in [1.29, 1.82) is 0 Å². The number of halogens is 1. The normalized spacial score (nSPS) is 26.8. The van der Waals surface area contributed by atoms with Crippen LogP contribution in [0, 0.1) is 10.1 Å². The van der Waals surface area contributed by atoms with Gasteiger partial charge in [-0.25, -0.2) is 9.18 Å². The molecule has 146 valence electrons. The van der Waals surface area contributed by atoms with E-state index in [4.69, 9.17) is 4.74 Å². The van der Waals surface area contributed by atoms with Crippen molar-refractivity contribution < 1.29 is 24.0 Å². The fourth-order valence-corrected chi connectivity index (χ4v) is 3.22. The number of carbonyl (C=O) groups is 1. The van der Waals surface area contributed by atoms with Gasteiger partial charge in [0.05, 0.1) is 17.1 Å². The Labute approximate surface area is 150 Å². The first-order valence-electron chi connectivity index (χ1n) is 8.46. The molecule has 0 aliphatic heterocycles. The molecule has 0 unspecified atom stereocenters. The Hall–Kier alpha value is -2.23. The number of alkyl halides is 1. The highest BCUT2D eigenvalue weighted by Crippen LogP contribution is 2.43. The van der Waals surface area contributed by atoms with Crippen LogP contribution in [0.25, 0.3) is 0 Å². The molecule has 10 heteroatoms. The number of rotatable bonds is 3. The standard InChI is InChI=1S/C16H25FN4O5/c1-15(2,3)26-14(23)19-10-5-7-16(17,8-6-12(10)22)13-11(21(24)25)9-18-20(13)4/h9-10,12,22H,5-8H2,1-4H3,(H,19,23)/t10-,12-,16+/m1/s1. The Kier molecular flexibility index (Phi) is 5.55. The molecule has 26 heavy (non-hydrogen) atoms. The lowest BCUT2D eigenvalue weighted by atomic mass is 9.91. The number of nitro groups is 1. The molecule has 9 nitrogen and oxygen atoms in total. The van der Waals surface area contributed by atoms with Gasteiger partial charge in [0.2, 0.25) is 0 Å². The third kappa shape index (κ3) is 4.48. The molecule has 2 rings (SSSR count). The number of amides is 1. The molecule has 0 radical (unpaired) electrons. The molecular weight excluding hydrogens is 347 g/mol. The van der Waals surface area contributed by atoms with Crippen LogP contribution in [0.4, 0.5) is 14.9 Å². The first-order valence-corrected chi connectivity index (χ1v) is 8.46. The fourth-order valence-electron chi connectivity index (χ4n) is 3.22. The second-order valence-electron chi connectivity index (χ2n) is 7.62. The number of hydrogen-bond donors (Lipinski definition) is 2. The van der Waals surface area contributed by atoms with Crippen LogP contribution in [0.2, 0.25) is 0 Å². The summed E-state index contributed by atoms with van der Waals surface area (Å²) in [5.41, 5.74) is -3.21. The summed E-state index contributed by atoms with van der Waals surface area (Å²) in [4.78, 5) is 22.4. The van der Waals surface area contributed by atoms with Gasteiger partial charge in [-0.3, -0.25) is 14.8 Å². The Balaban J connectivity index is 2.17. The van der Waals surface area contributed by atoms with Crippen molar-refractivity contribution in [2.45, 2.75) is 69.9 Å². The lowest BCUT2D eigenvalue weighted by Gasteiger charge is -2.25. The topological polar surface area (TPSA) is 120 Å². The molecule has 1 heterocycles. The molecular formula is C16H25FN4O5. The highest BCUT2D eigenvalue weighted by molar-refractivity contribution is 5.68. The van der Waals surface area contributed by atoms with Crippen LogP contribution >= 0.6 is 0 Å². The van der Waals surface area contributed by atoms with Gasteiger partial charge in [0, 0.05) is 7.05 Å². The fraction of sp³-hybridized carbons (Fsp3) is 0.750. The number of alkyl carbamates (subject to hydrolysis) is 1. The van der Waals surface area contributed by atoms with Crippen molar-refractivity contribution in [3.63, 3.8) is 0 Å². The van der Waals surface area contributed by atoms with Crippen molar-refractivity contribution in [1.82, 2.24) is 15.1 Å². The van der Waals surface area contributed by atoms with Crippen LogP contribution in [0.1, 0.15) is 52.1 Å². The number of aliphatic hydroxyl groups excluding tert-OH is 1. The summed E-state index contributed by atoms with van der Waals surface area (Å²) in [5, 5.41) is 27.8. The second kappa shape index (κ2) is 7.18. The summed E-state index contributed by atoms with van der Waals surface area (Å²) in [5.74, 6) is 0. The number of carbonyl (C=O) groups excluding carboxylic acids is 1. The molecule has 1 fully saturated rings. The number of nitrogens with one attached hydrogen (secondary N) is 1. The average Bonchev–Trinajstić information content (AvgIpc) is 2.83. The number of hydrogen-bond acceptors (Lipinski definition) is 6. The first-order chi connectivity index (χ1) is 11.9. The monoisotopic (exact) mass is 372 g/mol. The second-order valence-corrected chi connectivity index (χ2v) is 7.62. The van der Waals surface area contributed by atoms with E-state index >= 15 is 4.39 Å². The van der Waals surface area contributed by atoms with E-state index in [9.17, 15) is 20.0 Å². The van der Waals surface area contributed by atoms with E-state index in [1.807, 2.05) is 0 Å². The highest BCUT2D eigenvalue weighted by atomic mass is 19.1. The summed E-state index contributed by atoms with van der Waals surface area (Å²) in [6.45, 7) is 5.14. The van der Waals surface area contributed by atoms with Crippen molar-refractivity contribution in [2.75, 3.05) is 0 Å². The van der Waals surface area contributed by atoms with E-state index in [1.54, 1.807) is 20.8 Å². The van der Waals surface area contributed by atoms with Crippen LogP contribution in [-0.2, 0) is 17.5 Å². The Morgan fingerprint density at radius 1 is 1.50 bits per heavy atom. The largest absolute Gasteiger partial charge is 0.444 e. The van der Waals surface area contributed by atoms with E-state index < -0.39 is 34.4 Å². The summed E-state index contributed by atoms with van der Waals surface area (Å²) in [7, 11) is 1.45. The van der Waals surface area contributed by atoms with Crippen molar-refractivity contribution in [2.24, 2.45) is 7.05 Å². The highest BCUT2D eigenvalue weighted by Gasteiger charge is 2.45. The number of aromatic nitrogens is 2. The molecule has 1 amide bonds. The number of ether oxygens (including phenoxy) is 1. The third-order valence-electron chi connectivity index (χ3n) is 4.40. The lowest BCUT2D eigenvalue weighted by molar-refractivity contribution is -0.386. The smallest absolute Gasteiger partial charge is 0.407 e. The molecule has 0 spiro atoms. The van der Waals surface area contributed by atoms with Gasteiger partial charge in [0.1, 0.15) is 11.8 Å². The van der Waals surface area contributed by atoms with Gasteiger partial charge in [-0.2, -0.15) is 5.10 Å². The van der Waals surface area contributed by atoms with Crippen LogP contribution < -0.4 is 5.32 Å². The minimum Gasteiger partial charge on any atom is -0.444 e. The maximum Gasteiger partial charge on any atom is 0.407 e. The molecule has 1 aliphatic carbocycles. The van der Waals surface area contributed by atoms with Crippen molar-refractivity contribution in [3.05, 3.63) is 22.0 Å². The quantitative estimate of drug-likeness (QED) is 0.477. The van der Waals surface area contributed by atoms with E-state index in [2.05, 4.69) is 10.4 Å². The Bertz CT molecular complexity index is 687. The number of aliphatic hydroxyl groups is 1. The molecule has 1 saturated carbocycles. The molecule has 1 aliphatic rings. The third-order valence-corrected chi connectivity index (χ3v) is 4.40. The lowest BCUT2D eigenvalue weighted by Crippen LogP contribution is -2.44. The van der Waals surface area contributed by atoms with Gasteiger partial charge in [0.15, 0.2) is 11.4 Å². The van der Waals surface area contributed by atoms with Gasteiger partial charge >= 0.3 is 11.8 Å². The van der Waals surface area contributed by atoms with Gasteiger partial charge in [-0.15, -0.1) is 0 Å². The zero-order valence-electron chi connectivity index (χ0n) is 15.4. The van der Waals surface area contributed by atoms with E-state index in [-0.39, 0.29) is 37.1 Å². The summed E-state index contributed by atoms with van der Waals surface area (Å²) < 4.78 is 21.9. The minimum atomic E-state index is -2.01. The van der Waals surface area contributed by atoms with E-state index in [1.165, 1.54) is 7.05 Å². The van der Waals surface area contributed by atoms with Crippen LogP contribution in [0.3, 0.4) is 0 Å². The number of nitrogens with zero attached hydrogens (tertiary/aromatic N) is 3. The van der Waals surface area contributed by atoms with Crippen LogP contribution in [0.5, 0.6) is 0 Å². The molecule has 1 aromatic heterocycles. The summed E-state index contributed by atoms with van der Waals surface area (Å²) in [6.07, 6.45) is -0.703. The van der Waals surface area contributed by atoms with Crippen molar-refractivity contribution >= 4 is 11.8 Å². The molecule has 0 saturated heterocycles. The van der Waals surface area contributed by atoms with Gasteiger partial charge in [-0.1, -0.05) is 0 Å². The minimum absolute atomic E-state index is 0.0410. The average molecular weight is 372 g/mol. The van der Waals surface area contributed by atoms with Crippen molar-refractivity contribution in [3.8, 4) is 0 Å². The van der Waals surface area contributed by atoms with Gasteiger partial charge < -0.3 is 15.2 Å². The summed E-state index contributed by atoms with van der Waals surface area (Å²) >= 11 is 0. The SMILES string of the molecule is Cn1ncc([N+](=O)[O-])c1[C@@]1(F)CC[C@@H](O)[C@H](NC(=O)OC(C)(C)C)CC1. The molecule has 0 aromatic carbocycles. The Morgan fingerprint density at radius 3 is 2.69 bits per heavy atom. The molecule has 2 N–H and O–H groups in total. The maximum atomic E-state index is 15.6. The zero-order chi connectivity index (χ0) is 19.7. The predicted octanol–water partition coefficient (Wildman–Crippen LogP) is 2.32. The molecule has 3 atom stereocenters. The number of aryl methyl sites for hydroxylation is 1. The predicted molar refractivity (Wildman–Crippen MR) is 90.3 cm³/mol. The van der Waals surface area contributed by atoms with Crippen LogP contribution in [-0.4, -0.2) is 43.7 Å². The van der Waals surface area contributed by atoms with E-state index in [0.29, 0.717) is 0 Å². The van der Waals surface area contributed by atoms with Gasteiger partial charge in [-0.05, 0) is 46.5 Å².